The fourth-order valence-corrected chi connectivity index (χ4v) is 3.53. The molecule has 1 aliphatic rings. The van der Waals surface area contributed by atoms with Gasteiger partial charge in [-0.15, -0.1) is 0 Å². The Labute approximate surface area is 176 Å². The largest absolute Gasteiger partial charge is 0.490 e. The summed E-state index contributed by atoms with van der Waals surface area (Å²) in [5.74, 6) is -2.73. The summed E-state index contributed by atoms with van der Waals surface area (Å²) in [4.78, 5) is 0. The minimum Gasteiger partial charge on any atom is -0.490 e. The molecule has 1 aliphatic heterocycles. The second-order valence-electron chi connectivity index (χ2n) is 7.57. The molecule has 0 bridgehead atoms. The maximum atomic E-state index is 14.8. The summed E-state index contributed by atoms with van der Waals surface area (Å²) < 4.78 is 60.4. The normalized spacial score (nSPS) is 19.1. The number of unbranched alkanes of at least 4 members (excludes halogenated alkanes) is 1. The van der Waals surface area contributed by atoms with Crippen LogP contribution in [-0.2, 0) is 9.47 Å². The van der Waals surface area contributed by atoms with E-state index in [0.717, 1.165) is 19.3 Å². The zero-order chi connectivity index (χ0) is 21.5. The Morgan fingerprint density at radius 2 is 1.80 bits per heavy atom. The molecule has 0 amide bonds. The molecule has 0 aliphatic carbocycles. The highest BCUT2D eigenvalue weighted by molar-refractivity contribution is 5.66. The van der Waals surface area contributed by atoms with Crippen molar-refractivity contribution in [1.29, 1.82) is 0 Å². The first-order chi connectivity index (χ1) is 14.5. The van der Waals surface area contributed by atoms with Gasteiger partial charge in [0.05, 0.1) is 25.4 Å². The Balaban J connectivity index is 1.70. The summed E-state index contributed by atoms with van der Waals surface area (Å²) >= 11 is 0. The van der Waals surface area contributed by atoms with Crippen molar-refractivity contribution < 1.29 is 27.4 Å². The number of ether oxygens (including phenoxy) is 3. The third kappa shape index (κ3) is 5.35. The Kier molecular flexibility index (Phi) is 8.16. The van der Waals surface area contributed by atoms with Gasteiger partial charge in [-0.1, -0.05) is 32.4 Å². The van der Waals surface area contributed by atoms with Crippen LogP contribution in [0.2, 0.25) is 0 Å². The molecule has 1 saturated heterocycles. The third-order valence-electron chi connectivity index (χ3n) is 5.25. The molecule has 3 rings (SSSR count). The second kappa shape index (κ2) is 10.8. The van der Waals surface area contributed by atoms with E-state index >= 15 is 0 Å². The SMILES string of the molecule is CCCCOC1CCC(c2ccc(-c3ccc(OCCC)c(F)c3F)cc2F)OC1. The number of rotatable bonds is 9. The number of benzene rings is 2. The van der Waals surface area contributed by atoms with Crippen LogP contribution < -0.4 is 4.74 Å². The van der Waals surface area contributed by atoms with Gasteiger partial charge in [0.15, 0.2) is 11.6 Å². The van der Waals surface area contributed by atoms with Crippen molar-refractivity contribution in [2.75, 3.05) is 19.8 Å². The van der Waals surface area contributed by atoms with Gasteiger partial charge in [-0.3, -0.25) is 0 Å². The lowest BCUT2D eigenvalue weighted by Gasteiger charge is -2.29. The molecular formula is C24H29F3O3. The van der Waals surface area contributed by atoms with Crippen molar-refractivity contribution in [2.24, 2.45) is 0 Å². The zero-order valence-corrected chi connectivity index (χ0v) is 17.6. The fourth-order valence-electron chi connectivity index (χ4n) is 3.53. The standard InChI is InChI=1S/C24H29F3O3/c1-3-5-13-28-17-7-10-21(30-15-17)19-8-6-16(14-20(19)25)18-9-11-22(29-12-4-2)24(27)23(18)26/h6,8-9,11,14,17,21H,3-5,7,10,12-13,15H2,1-2H3. The highest BCUT2D eigenvalue weighted by Gasteiger charge is 2.26. The van der Waals surface area contributed by atoms with Crippen molar-refractivity contribution in [1.82, 2.24) is 0 Å². The van der Waals surface area contributed by atoms with Crippen LogP contribution in [0.25, 0.3) is 11.1 Å². The first-order valence-corrected chi connectivity index (χ1v) is 10.7. The Morgan fingerprint density at radius 3 is 2.47 bits per heavy atom. The van der Waals surface area contributed by atoms with E-state index in [-0.39, 0.29) is 29.1 Å². The maximum absolute atomic E-state index is 14.8. The van der Waals surface area contributed by atoms with Crippen LogP contribution in [0.1, 0.15) is 57.6 Å². The predicted octanol–water partition coefficient (Wildman–Crippen LogP) is 6.60. The monoisotopic (exact) mass is 422 g/mol. The second-order valence-corrected chi connectivity index (χ2v) is 7.57. The highest BCUT2D eigenvalue weighted by Crippen LogP contribution is 2.35. The molecular weight excluding hydrogens is 393 g/mol. The van der Waals surface area contributed by atoms with E-state index in [9.17, 15) is 13.2 Å². The van der Waals surface area contributed by atoms with Gasteiger partial charge in [0.1, 0.15) is 5.82 Å². The van der Waals surface area contributed by atoms with Gasteiger partial charge in [0.2, 0.25) is 5.82 Å². The molecule has 2 aromatic carbocycles. The quantitative estimate of drug-likeness (QED) is 0.426. The topological polar surface area (TPSA) is 27.7 Å². The molecule has 0 aromatic heterocycles. The van der Waals surface area contributed by atoms with Gasteiger partial charge in [-0.05, 0) is 49.4 Å². The van der Waals surface area contributed by atoms with Crippen LogP contribution in [0.4, 0.5) is 13.2 Å². The molecule has 2 aromatic rings. The summed E-state index contributed by atoms with van der Waals surface area (Å²) in [5.41, 5.74) is 0.691. The van der Waals surface area contributed by atoms with E-state index in [4.69, 9.17) is 14.2 Å². The molecule has 3 nitrogen and oxygen atoms in total. The molecule has 1 fully saturated rings. The molecule has 0 saturated carbocycles. The summed E-state index contributed by atoms with van der Waals surface area (Å²) in [6, 6.07) is 7.20. The van der Waals surface area contributed by atoms with Crippen molar-refractivity contribution in [3.63, 3.8) is 0 Å². The summed E-state index contributed by atoms with van der Waals surface area (Å²) in [5, 5.41) is 0. The summed E-state index contributed by atoms with van der Waals surface area (Å²) in [6.07, 6.45) is 3.90. The lowest BCUT2D eigenvalue weighted by Crippen LogP contribution is -2.28. The van der Waals surface area contributed by atoms with Gasteiger partial charge in [-0.25, -0.2) is 8.78 Å². The lowest BCUT2D eigenvalue weighted by atomic mass is 9.96. The molecule has 30 heavy (non-hydrogen) atoms. The van der Waals surface area contributed by atoms with E-state index in [0.29, 0.717) is 38.2 Å². The first kappa shape index (κ1) is 22.6. The van der Waals surface area contributed by atoms with Crippen molar-refractivity contribution in [3.05, 3.63) is 53.3 Å². The van der Waals surface area contributed by atoms with E-state index in [1.807, 2.05) is 6.92 Å². The van der Waals surface area contributed by atoms with Gasteiger partial charge < -0.3 is 14.2 Å². The van der Waals surface area contributed by atoms with Crippen molar-refractivity contribution >= 4 is 0 Å². The molecule has 2 atom stereocenters. The first-order valence-electron chi connectivity index (χ1n) is 10.7. The molecule has 0 radical (unpaired) electrons. The molecule has 164 valence electrons. The lowest BCUT2D eigenvalue weighted by molar-refractivity contribution is -0.0880. The smallest absolute Gasteiger partial charge is 0.201 e. The Morgan fingerprint density at radius 1 is 0.967 bits per heavy atom. The Hall–Kier alpha value is -2.05. The third-order valence-corrected chi connectivity index (χ3v) is 5.25. The minimum absolute atomic E-state index is 0.00394. The van der Waals surface area contributed by atoms with E-state index in [1.54, 1.807) is 12.1 Å². The van der Waals surface area contributed by atoms with E-state index in [1.165, 1.54) is 18.2 Å². The highest BCUT2D eigenvalue weighted by atomic mass is 19.2. The van der Waals surface area contributed by atoms with Crippen LogP contribution in [0.3, 0.4) is 0 Å². The number of hydrogen-bond acceptors (Lipinski definition) is 3. The van der Waals surface area contributed by atoms with Gasteiger partial charge in [0, 0.05) is 17.7 Å². The summed E-state index contributed by atoms with van der Waals surface area (Å²) in [7, 11) is 0. The fraction of sp³-hybridized carbons (Fsp3) is 0.500. The minimum atomic E-state index is -1.06. The van der Waals surface area contributed by atoms with E-state index < -0.39 is 17.5 Å². The van der Waals surface area contributed by atoms with Crippen LogP contribution in [0, 0.1) is 17.5 Å². The van der Waals surface area contributed by atoms with E-state index in [2.05, 4.69) is 6.92 Å². The molecule has 6 heteroatoms. The summed E-state index contributed by atoms with van der Waals surface area (Å²) in [6.45, 7) is 5.42. The zero-order valence-electron chi connectivity index (χ0n) is 17.6. The van der Waals surface area contributed by atoms with Crippen LogP contribution in [0.5, 0.6) is 5.75 Å². The van der Waals surface area contributed by atoms with Crippen LogP contribution >= 0.6 is 0 Å². The van der Waals surface area contributed by atoms with Crippen LogP contribution in [0.15, 0.2) is 30.3 Å². The van der Waals surface area contributed by atoms with Crippen molar-refractivity contribution in [2.45, 2.75) is 58.2 Å². The predicted molar refractivity (Wildman–Crippen MR) is 110 cm³/mol. The van der Waals surface area contributed by atoms with Crippen LogP contribution in [-0.4, -0.2) is 25.9 Å². The number of hydrogen-bond donors (Lipinski definition) is 0. The maximum Gasteiger partial charge on any atom is 0.201 e. The number of halogens is 3. The average Bonchev–Trinajstić information content (AvgIpc) is 2.75. The van der Waals surface area contributed by atoms with Crippen molar-refractivity contribution in [3.8, 4) is 16.9 Å². The van der Waals surface area contributed by atoms with Gasteiger partial charge in [0.25, 0.3) is 0 Å². The molecule has 2 unspecified atom stereocenters. The van der Waals surface area contributed by atoms with Gasteiger partial charge >= 0.3 is 0 Å². The molecule has 0 N–H and O–H groups in total. The molecule has 1 heterocycles. The average molecular weight is 422 g/mol. The Bertz CT molecular complexity index is 833. The van der Waals surface area contributed by atoms with Gasteiger partial charge in [-0.2, -0.15) is 4.39 Å². The molecule has 0 spiro atoms.